The van der Waals surface area contributed by atoms with Crippen LogP contribution in [0.4, 0.5) is 17.1 Å². The van der Waals surface area contributed by atoms with Crippen LogP contribution in [0.15, 0.2) is 200 Å². The summed E-state index contributed by atoms with van der Waals surface area (Å²) in [4.78, 5) is 2.56. The molecule has 4 aliphatic carbocycles. The van der Waals surface area contributed by atoms with Gasteiger partial charge in [0.2, 0.25) is 0 Å². The number of para-hydroxylation sites is 1. The van der Waals surface area contributed by atoms with Crippen LogP contribution in [0.1, 0.15) is 72.2 Å². The maximum atomic E-state index is 2.56. The van der Waals surface area contributed by atoms with Crippen molar-refractivity contribution in [2.75, 3.05) is 4.90 Å². The highest BCUT2D eigenvalue weighted by molar-refractivity contribution is 6.00. The van der Waals surface area contributed by atoms with Gasteiger partial charge in [-0.25, -0.2) is 0 Å². The fraction of sp³-hybridized carbons (Fsp3) is 0.115. The van der Waals surface area contributed by atoms with Crippen LogP contribution in [0.5, 0.6) is 0 Å². The van der Waals surface area contributed by atoms with Crippen LogP contribution in [0.2, 0.25) is 0 Å². The Balaban J connectivity index is 1.10. The van der Waals surface area contributed by atoms with Gasteiger partial charge in [-0.1, -0.05) is 198 Å². The summed E-state index contributed by atoms with van der Waals surface area (Å²) in [7, 11) is 0. The maximum Gasteiger partial charge on any atom is 0.0726 e. The van der Waals surface area contributed by atoms with E-state index in [2.05, 4.69) is 233 Å². The molecule has 9 aromatic rings. The summed E-state index contributed by atoms with van der Waals surface area (Å²) in [6, 6.07) is 75.9. The summed E-state index contributed by atoms with van der Waals surface area (Å²) in [5.74, 6) is 0. The van der Waals surface area contributed by atoms with E-state index in [-0.39, 0.29) is 10.8 Å². The van der Waals surface area contributed by atoms with Crippen LogP contribution in [0.25, 0.3) is 55.6 Å². The average Bonchev–Trinajstić information content (AvgIpc) is 3.94. The van der Waals surface area contributed by atoms with Crippen molar-refractivity contribution < 1.29 is 0 Å². The van der Waals surface area contributed by atoms with Crippen molar-refractivity contribution in [1.29, 1.82) is 0 Å². The SMILES string of the molecule is CC1(C)c2ccccc2-c2ccc(N(c3ccc4c(c3)C3(c5ccccc5-c5ccccc53)c3ccccc3-4)c3ccccc3-c3cccc4c3-c3ccccc3C4(C)C)cc21. The normalized spacial score (nSPS) is 15.5. The minimum atomic E-state index is -0.447. The summed E-state index contributed by atoms with van der Waals surface area (Å²) in [5.41, 5.74) is 26.7. The molecule has 1 nitrogen and oxygen atoms in total. The molecule has 0 saturated carbocycles. The van der Waals surface area contributed by atoms with Crippen molar-refractivity contribution >= 4 is 17.1 Å². The third-order valence-electron chi connectivity index (χ3n) is 15.1. The van der Waals surface area contributed by atoms with Gasteiger partial charge in [0.25, 0.3) is 0 Å². The second-order valence-electron chi connectivity index (χ2n) is 18.8. The monoisotopic (exact) mass is 791 g/mol. The van der Waals surface area contributed by atoms with Crippen LogP contribution in [-0.2, 0) is 16.2 Å². The molecule has 0 bridgehead atoms. The lowest BCUT2D eigenvalue weighted by Gasteiger charge is -2.33. The van der Waals surface area contributed by atoms with Gasteiger partial charge in [0, 0.05) is 27.8 Å². The molecule has 0 aromatic heterocycles. The van der Waals surface area contributed by atoms with E-state index < -0.39 is 5.41 Å². The Hall–Kier alpha value is -7.22. The third-order valence-corrected chi connectivity index (χ3v) is 15.1. The summed E-state index contributed by atoms with van der Waals surface area (Å²) >= 11 is 0. The third kappa shape index (κ3) is 4.43. The average molecular weight is 792 g/mol. The number of rotatable bonds is 4. The predicted octanol–water partition coefficient (Wildman–Crippen LogP) is 15.8. The Labute approximate surface area is 364 Å². The minimum absolute atomic E-state index is 0.103. The predicted molar refractivity (Wildman–Crippen MR) is 258 cm³/mol. The van der Waals surface area contributed by atoms with Gasteiger partial charge in [-0.2, -0.15) is 0 Å². The van der Waals surface area contributed by atoms with Crippen LogP contribution in [-0.4, -0.2) is 0 Å². The second-order valence-corrected chi connectivity index (χ2v) is 18.8. The second kappa shape index (κ2) is 12.4. The molecule has 0 radical (unpaired) electrons. The molecule has 294 valence electrons. The topological polar surface area (TPSA) is 3.24 Å². The molecule has 1 heteroatoms. The first-order valence-corrected chi connectivity index (χ1v) is 22.1. The van der Waals surface area contributed by atoms with E-state index in [1.807, 2.05) is 0 Å². The highest BCUT2D eigenvalue weighted by Crippen LogP contribution is 2.64. The Morgan fingerprint density at radius 1 is 0.274 bits per heavy atom. The molecule has 13 rings (SSSR count). The van der Waals surface area contributed by atoms with Crippen molar-refractivity contribution in [2.45, 2.75) is 43.9 Å². The Bertz CT molecular complexity index is 3310. The van der Waals surface area contributed by atoms with Crippen LogP contribution in [0.3, 0.4) is 0 Å². The Morgan fingerprint density at radius 2 is 0.645 bits per heavy atom. The smallest absolute Gasteiger partial charge is 0.0726 e. The molecule has 0 saturated heterocycles. The number of benzene rings is 9. The van der Waals surface area contributed by atoms with Gasteiger partial charge < -0.3 is 4.90 Å². The molecule has 1 spiro atoms. The Kier molecular flexibility index (Phi) is 7.12. The molecule has 0 aliphatic heterocycles. The largest absolute Gasteiger partial charge is 0.310 e. The molecule has 0 amide bonds. The standard InChI is InChI=1S/C61H45N/c1-59(2)50-26-12-9-23-48(50)58-47(24-17-30-54(58)59)46-22-10-16-31-57(46)62(38-32-34-44-40-18-5-11-25-49(40)60(3,4)55(44)36-38)39-33-35-45-43-21-8-15-29-53(43)61(56(45)37-39)51-27-13-6-19-41(51)42-20-7-14-28-52(42)61/h5-37H,1-4H3. The first kappa shape index (κ1) is 35.5. The lowest BCUT2D eigenvalue weighted by molar-refractivity contribution is 0.660. The van der Waals surface area contributed by atoms with Gasteiger partial charge in [0.1, 0.15) is 0 Å². The summed E-state index contributed by atoms with van der Waals surface area (Å²) < 4.78 is 0. The van der Waals surface area contributed by atoms with Gasteiger partial charge in [-0.3, -0.25) is 0 Å². The van der Waals surface area contributed by atoms with E-state index in [0.29, 0.717) is 0 Å². The minimum Gasteiger partial charge on any atom is -0.310 e. The molecule has 0 heterocycles. The van der Waals surface area contributed by atoms with E-state index in [4.69, 9.17) is 0 Å². The molecular weight excluding hydrogens is 747 g/mol. The highest BCUT2D eigenvalue weighted by Gasteiger charge is 2.52. The molecule has 4 aliphatic rings. The van der Waals surface area contributed by atoms with Gasteiger partial charge in [0.05, 0.1) is 11.1 Å². The maximum absolute atomic E-state index is 2.56. The van der Waals surface area contributed by atoms with Crippen molar-refractivity contribution in [3.05, 3.63) is 245 Å². The summed E-state index contributed by atoms with van der Waals surface area (Å²) in [6.07, 6.45) is 0. The van der Waals surface area contributed by atoms with E-state index in [1.165, 1.54) is 100 Å². The molecule has 0 atom stereocenters. The van der Waals surface area contributed by atoms with Gasteiger partial charge in [0.15, 0.2) is 0 Å². The van der Waals surface area contributed by atoms with E-state index >= 15 is 0 Å². The first-order chi connectivity index (χ1) is 30.3. The van der Waals surface area contributed by atoms with Gasteiger partial charge in [-0.15, -0.1) is 0 Å². The zero-order valence-corrected chi connectivity index (χ0v) is 35.5. The van der Waals surface area contributed by atoms with Gasteiger partial charge in [-0.05, 0) is 125 Å². The van der Waals surface area contributed by atoms with Crippen LogP contribution in [0, 0.1) is 0 Å². The van der Waals surface area contributed by atoms with Crippen molar-refractivity contribution in [2.24, 2.45) is 0 Å². The molecule has 0 unspecified atom stereocenters. The number of anilines is 3. The number of fused-ring (bicyclic) bond motifs is 16. The lowest BCUT2D eigenvalue weighted by atomic mass is 9.70. The van der Waals surface area contributed by atoms with E-state index in [1.54, 1.807) is 0 Å². The number of nitrogens with zero attached hydrogens (tertiary/aromatic N) is 1. The first-order valence-electron chi connectivity index (χ1n) is 22.1. The zero-order valence-electron chi connectivity index (χ0n) is 35.5. The fourth-order valence-electron chi connectivity index (χ4n) is 12.4. The lowest BCUT2D eigenvalue weighted by Crippen LogP contribution is -2.26. The molecule has 0 N–H and O–H groups in total. The Morgan fingerprint density at radius 3 is 1.23 bits per heavy atom. The quantitative estimate of drug-likeness (QED) is 0.172. The molecular formula is C61H45N. The highest BCUT2D eigenvalue weighted by atomic mass is 15.1. The van der Waals surface area contributed by atoms with Gasteiger partial charge >= 0.3 is 0 Å². The molecule has 0 fully saturated rings. The number of hydrogen-bond donors (Lipinski definition) is 0. The van der Waals surface area contributed by atoms with Crippen LogP contribution < -0.4 is 4.90 Å². The summed E-state index contributed by atoms with van der Waals surface area (Å²) in [5, 5.41) is 0. The van der Waals surface area contributed by atoms with Crippen molar-refractivity contribution in [3.63, 3.8) is 0 Å². The fourth-order valence-corrected chi connectivity index (χ4v) is 12.4. The molecule has 62 heavy (non-hydrogen) atoms. The summed E-state index contributed by atoms with van der Waals surface area (Å²) in [6.45, 7) is 9.53. The van der Waals surface area contributed by atoms with Crippen LogP contribution >= 0.6 is 0 Å². The van der Waals surface area contributed by atoms with Crippen molar-refractivity contribution in [3.8, 4) is 55.6 Å². The zero-order chi connectivity index (χ0) is 41.5. The molecule has 9 aromatic carbocycles. The van der Waals surface area contributed by atoms with E-state index in [9.17, 15) is 0 Å². The van der Waals surface area contributed by atoms with E-state index in [0.717, 1.165) is 17.1 Å². The number of hydrogen-bond acceptors (Lipinski definition) is 1. The van der Waals surface area contributed by atoms with Crippen molar-refractivity contribution in [1.82, 2.24) is 0 Å².